The lowest BCUT2D eigenvalue weighted by molar-refractivity contribution is -0.157. The molecule has 108 valence electrons. The average molecular weight is 271 g/mol. The lowest BCUT2D eigenvalue weighted by Gasteiger charge is -2.34. The molecule has 0 amide bonds. The molecular formula is C13H21NO5. The quantitative estimate of drug-likeness (QED) is 0.764. The molecule has 0 saturated carbocycles. The predicted octanol–water partition coefficient (Wildman–Crippen LogP) is 0.663. The molecule has 2 fully saturated rings. The van der Waals surface area contributed by atoms with Gasteiger partial charge in [0.2, 0.25) is 0 Å². The maximum atomic E-state index is 11.2. The third-order valence-electron chi connectivity index (χ3n) is 4.12. The second-order valence-corrected chi connectivity index (χ2v) is 5.40. The van der Waals surface area contributed by atoms with E-state index in [1.165, 1.54) is 0 Å². The van der Waals surface area contributed by atoms with Crippen LogP contribution in [0.2, 0.25) is 0 Å². The monoisotopic (exact) mass is 271 g/mol. The van der Waals surface area contributed by atoms with Gasteiger partial charge >= 0.3 is 11.9 Å². The van der Waals surface area contributed by atoms with Gasteiger partial charge in [-0.1, -0.05) is 0 Å². The van der Waals surface area contributed by atoms with E-state index in [1.54, 1.807) is 0 Å². The van der Waals surface area contributed by atoms with Gasteiger partial charge in [-0.2, -0.15) is 0 Å². The largest absolute Gasteiger partial charge is 0.481 e. The van der Waals surface area contributed by atoms with Crippen LogP contribution >= 0.6 is 0 Å². The standard InChI is InChI=1S/C13H21NO5/c15-12(16)10-4-6-14(8-11(10)13(17)18)5-3-9-2-1-7-19-9/h9-11H,1-8H2,(H,15,16)(H,17,18). The van der Waals surface area contributed by atoms with Crippen LogP contribution in [0, 0.1) is 11.8 Å². The lowest BCUT2D eigenvalue weighted by Crippen LogP contribution is -2.47. The lowest BCUT2D eigenvalue weighted by atomic mass is 9.85. The molecule has 19 heavy (non-hydrogen) atoms. The molecule has 0 aromatic rings. The van der Waals surface area contributed by atoms with Crippen molar-refractivity contribution in [2.45, 2.75) is 31.8 Å². The fourth-order valence-corrected chi connectivity index (χ4v) is 2.97. The highest BCUT2D eigenvalue weighted by Crippen LogP contribution is 2.25. The van der Waals surface area contributed by atoms with Crippen LogP contribution in [0.15, 0.2) is 0 Å². The molecule has 3 unspecified atom stereocenters. The van der Waals surface area contributed by atoms with E-state index >= 15 is 0 Å². The number of carboxylic acids is 2. The Kier molecular flexibility index (Phi) is 4.76. The molecule has 2 heterocycles. The number of ether oxygens (including phenoxy) is 1. The molecule has 2 N–H and O–H groups in total. The number of carbonyl (C=O) groups is 2. The Morgan fingerprint density at radius 3 is 2.47 bits per heavy atom. The summed E-state index contributed by atoms with van der Waals surface area (Å²) in [6.07, 6.45) is 3.79. The Balaban J connectivity index is 1.83. The molecule has 2 aliphatic heterocycles. The number of aliphatic carboxylic acids is 2. The van der Waals surface area contributed by atoms with Crippen LogP contribution in [-0.2, 0) is 14.3 Å². The zero-order chi connectivity index (χ0) is 13.8. The Hall–Kier alpha value is -1.14. The molecule has 2 rings (SSSR count). The van der Waals surface area contributed by atoms with Crippen molar-refractivity contribution in [2.75, 3.05) is 26.2 Å². The van der Waals surface area contributed by atoms with E-state index in [0.29, 0.717) is 25.6 Å². The first-order valence-corrected chi connectivity index (χ1v) is 6.87. The van der Waals surface area contributed by atoms with Crippen molar-refractivity contribution < 1.29 is 24.5 Å². The van der Waals surface area contributed by atoms with Crippen LogP contribution in [0.25, 0.3) is 0 Å². The van der Waals surface area contributed by atoms with Gasteiger partial charge in [0.25, 0.3) is 0 Å². The second kappa shape index (κ2) is 6.34. The first-order chi connectivity index (χ1) is 9.08. The summed E-state index contributed by atoms with van der Waals surface area (Å²) in [6, 6.07) is 0. The SMILES string of the molecule is O=C(O)C1CCN(CCC2CCCO2)CC1C(=O)O. The Bertz CT molecular complexity index is 340. The molecule has 6 heteroatoms. The summed E-state index contributed by atoms with van der Waals surface area (Å²) in [5.74, 6) is -3.55. The third-order valence-corrected chi connectivity index (χ3v) is 4.12. The van der Waals surface area contributed by atoms with Crippen molar-refractivity contribution in [2.24, 2.45) is 11.8 Å². The summed E-state index contributed by atoms with van der Waals surface area (Å²) < 4.78 is 5.54. The highest BCUT2D eigenvalue weighted by atomic mass is 16.5. The molecule has 0 aromatic heterocycles. The molecule has 2 aliphatic rings. The molecule has 0 bridgehead atoms. The van der Waals surface area contributed by atoms with Gasteiger partial charge < -0.3 is 19.8 Å². The zero-order valence-corrected chi connectivity index (χ0v) is 11.0. The molecular weight excluding hydrogens is 250 g/mol. The number of hydrogen-bond donors (Lipinski definition) is 2. The summed E-state index contributed by atoms with van der Waals surface area (Å²) in [7, 11) is 0. The molecule has 0 radical (unpaired) electrons. The Morgan fingerprint density at radius 2 is 1.89 bits per heavy atom. The van der Waals surface area contributed by atoms with Crippen LogP contribution < -0.4 is 0 Å². The van der Waals surface area contributed by atoms with E-state index in [4.69, 9.17) is 14.9 Å². The van der Waals surface area contributed by atoms with Gasteiger partial charge in [0.05, 0.1) is 17.9 Å². The molecule has 6 nitrogen and oxygen atoms in total. The van der Waals surface area contributed by atoms with Crippen molar-refractivity contribution in [3.63, 3.8) is 0 Å². The Labute approximate surface area is 112 Å². The number of carboxylic acid groups (broad SMARTS) is 2. The second-order valence-electron chi connectivity index (χ2n) is 5.40. The minimum Gasteiger partial charge on any atom is -0.481 e. The normalized spacial score (nSPS) is 32.3. The van der Waals surface area contributed by atoms with Gasteiger partial charge in [-0.3, -0.25) is 9.59 Å². The van der Waals surface area contributed by atoms with Gasteiger partial charge in [0, 0.05) is 19.7 Å². The minimum absolute atomic E-state index is 0.292. The zero-order valence-electron chi connectivity index (χ0n) is 11.0. The molecule has 0 aliphatic carbocycles. The van der Waals surface area contributed by atoms with Crippen molar-refractivity contribution in [1.82, 2.24) is 4.90 Å². The van der Waals surface area contributed by atoms with E-state index < -0.39 is 23.8 Å². The molecule has 3 atom stereocenters. The van der Waals surface area contributed by atoms with E-state index in [-0.39, 0.29) is 0 Å². The number of rotatable bonds is 5. The maximum Gasteiger partial charge on any atom is 0.308 e. The average Bonchev–Trinajstić information content (AvgIpc) is 2.88. The van der Waals surface area contributed by atoms with Crippen LogP contribution in [0.5, 0.6) is 0 Å². The summed E-state index contributed by atoms with van der Waals surface area (Å²) >= 11 is 0. The summed E-state index contributed by atoms with van der Waals surface area (Å²) in [5.41, 5.74) is 0. The first-order valence-electron chi connectivity index (χ1n) is 6.87. The van der Waals surface area contributed by atoms with Gasteiger partial charge in [-0.05, 0) is 32.2 Å². The molecule has 0 aromatic carbocycles. The van der Waals surface area contributed by atoms with Crippen LogP contribution in [0.4, 0.5) is 0 Å². The van der Waals surface area contributed by atoms with Gasteiger partial charge in [-0.25, -0.2) is 0 Å². The van der Waals surface area contributed by atoms with Crippen molar-refractivity contribution in [3.05, 3.63) is 0 Å². The van der Waals surface area contributed by atoms with E-state index in [0.717, 1.165) is 32.4 Å². The summed E-state index contributed by atoms with van der Waals surface area (Å²) in [4.78, 5) is 24.3. The van der Waals surface area contributed by atoms with Gasteiger partial charge in [-0.15, -0.1) is 0 Å². The maximum absolute atomic E-state index is 11.2. The van der Waals surface area contributed by atoms with Gasteiger partial charge in [0.15, 0.2) is 0 Å². The van der Waals surface area contributed by atoms with E-state index in [2.05, 4.69) is 4.90 Å². The van der Waals surface area contributed by atoms with Crippen LogP contribution in [-0.4, -0.2) is 59.4 Å². The fraction of sp³-hybridized carbons (Fsp3) is 0.846. The number of nitrogens with zero attached hydrogens (tertiary/aromatic N) is 1. The third kappa shape index (κ3) is 3.67. The highest BCUT2D eigenvalue weighted by Gasteiger charge is 2.38. The summed E-state index contributed by atoms with van der Waals surface area (Å²) in [5, 5.41) is 18.2. The van der Waals surface area contributed by atoms with Gasteiger partial charge in [0.1, 0.15) is 0 Å². The van der Waals surface area contributed by atoms with E-state index in [1.807, 2.05) is 0 Å². The summed E-state index contributed by atoms with van der Waals surface area (Å²) in [6.45, 7) is 2.61. The molecule has 2 saturated heterocycles. The Morgan fingerprint density at radius 1 is 1.16 bits per heavy atom. The topological polar surface area (TPSA) is 87.1 Å². The van der Waals surface area contributed by atoms with Crippen LogP contribution in [0.3, 0.4) is 0 Å². The highest BCUT2D eigenvalue weighted by molar-refractivity contribution is 5.80. The number of piperidine rings is 1. The first kappa shape index (κ1) is 14.3. The van der Waals surface area contributed by atoms with Crippen molar-refractivity contribution >= 4 is 11.9 Å². The minimum atomic E-state index is -1.01. The number of hydrogen-bond acceptors (Lipinski definition) is 4. The van der Waals surface area contributed by atoms with Crippen LogP contribution in [0.1, 0.15) is 25.7 Å². The van der Waals surface area contributed by atoms with E-state index in [9.17, 15) is 9.59 Å². The van der Waals surface area contributed by atoms with Crippen molar-refractivity contribution in [3.8, 4) is 0 Å². The fourth-order valence-electron chi connectivity index (χ4n) is 2.97. The smallest absolute Gasteiger partial charge is 0.308 e. The molecule has 0 spiro atoms. The predicted molar refractivity (Wildman–Crippen MR) is 66.9 cm³/mol. The number of likely N-dealkylation sites (tertiary alicyclic amines) is 1. The van der Waals surface area contributed by atoms with Crippen molar-refractivity contribution in [1.29, 1.82) is 0 Å².